The van der Waals surface area contributed by atoms with Crippen LogP contribution in [0.4, 0.5) is 0 Å². The molecule has 0 atom stereocenters. The van der Waals surface area contributed by atoms with Crippen molar-refractivity contribution in [2.24, 2.45) is 0 Å². The van der Waals surface area contributed by atoms with E-state index in [1.165, 1.54) is 11.8 Å². The lowest BCUT2D eigenvalue weighted by Crippen LogP contribution is -1.80. The summed E-state index contributed by atoms with van der Waals surface area (Å²) in [4.78, 5) is 1.89. The van der Waals surface area contributed by atoms with Gasteiger partial charge in [0.2, 0.25) is 0 Å². The van der Waals surface area contributed by atoms with Crippen LogP contribution in [-0.4, -0.2) is 0 Å². The summed E-state index contributed by atoms with van der Waals surface area (Å²) in [7, 11) is 0. The molecule has 0 aliphatic carbocycles. The summed E-state index contributed by atoms with van der Waals surface area (Å²) in [6, 6.07) is 17.3. The van der Waals surface area contributed by atoms with E-state index in [0.29, 0.717) is 10.6 Å². The van der Waals surface area contributed by atoms with E-state index in [2.05, 4.69) is 6.07 Å². The summed E-state index contributed by atoms with van der Waals surface area (Å²) in [5.41, 5.74) is 0.674. The molecule has 0 bridgehead atoms. The first kappa shape index (κ1) is 11.1. The molecule has 0 amide bonds. The number of nitrogens with zero attached hydrogens (tertiary/aromatic N) is 1. The van der Waals surface area contributed by atoms with Crippen molar-refractivity contribution >= 4 is 23.4 Å². The number of hydrogen-bond acceptors (Lipinski definition) is 2. The molecular weight excluding hydrogens is 238 g/mol. The molecule has 0 N–H and O–H groups in total. The highest BCUT2D eigenvalue weighted by Crippen LogP contribution is 2.34. The molecule has 2 aromatic rings. The van der Waals surface area contributed by atoms with Gasteiger partial charge in [-0.25, -0.2) is 0 Å². The zero-order valence-electron chi connectivity index (χ0n) is 8.35. The topological polar surface area (TPSA) is 23.8 Å². The highest BCUT2D eigenvalue weighted by molar-refractivity contribution is 7.99. The average Bonchev–Trinajstić information content (AvgIpc) is 2.33. The van der Waals surface area contributed by atoms with Crippen LogP contribution in [0.15, 0.2) is 58.3 Å². The zero-order chi connectivity index (χ0) is 11.4. The first-order valence-corrected chi connectivity index (χ1v) is 5.92. The molecular formula is C13H8ClNS. The number of hydrogen-bond donors (Lipinski definition) is 0. The van der Waals surface area contributed by atoms with Crippen LogP contribution in [0.25, 0.3) is 0 Å². The maximum Gasteiger partial charge on any atom is 0.100 e. The second-order valence-electron chi connectivity index (χ2n) is 3.14. The van der Waals surface area contributed by atoms with Crippen molar-refractivity contribution in [3.8, 4) is 6.07 Å². The minimum Gasteiger partial charge on any atom is -0.192 e. The van der Waals surface area contributed by atoms with Gasteiger partial charge in [-0.1, -0.05) is 47.6 Å². The third-order valence-corrected chi connectivity index (χ3v) is 3.66. The van der Waals surface area contributed by atoms with Gasteiger partial charge in [0.05, 0.1) is 10.6 Å². The van der Waals surface area contributed by atoms with Crippen LogP contribution in [0.3, 0.4) is 0 Å². The van der Waals surface area contributed by atoms with E-state index in [-0.39, 0.29) is 0 Å². The van der Waals surface area contributed by atoms with Crippen LogP contribution in [0.1, 0.15) is 5.56 Å². The molecule has 0 aliphatic heterocycles. The molecule has 0 unspecified atom stereocenters. The lowest BCUT2D eigenvalue weighted by atomic mass is 10.2. The Balaban J connectivity index is 2.35. The van der Waals surface area contributed by atoms with E-state index in [9.17, 15) is 0 Å². The molecule has 1 nitrogen and oxygen atoms in total. The Morgan fingerprint density at radius 3 is 2.25 bits per heavy atom. The highest BCUT2D eigenvalue weighted by atomic mass is 35.5. The highest BCUT2D eigenvalue weighted by Gasteiger charge is 2.05. The minimum absolute atomic E-state index is 0.674. The van der Waals surface area contributed by atoms with Gasteiger partial charge in [-0.15, -0.1) is 0 Å². The largest absolute Gasteiger partial charge is 0.192 e. The molecule has 0 aliphatic rings. The fourth-order valence-electron chi connectivity index (χ4n) is 1.29. The van der Waals surface area contributed by atoms with Crippen LogP contribution < -0.4 is 0 Å². The SMILES string of the molecule is N#Cc1ccccc1Sc1ccccc1Cl. The second kappa shape index (κ2) is 5.07. The van der Waals surface area contributed by atoms with Crippen molar-refractivity contribution in [3.63, 3.8) is 0 Å². The van der Waals surface area contributed by atoms with Crippen molar-refractivity contribution in [2.45, 2.75) is 9.79 Å². The molecule has 0 spiro atoms. The van der Waals surface area contributed by atoms with Gasteiger partial charge in [0.15, 0.2) is 0 Å². The normalized spacial score (nSPS) is 9.75. The smallest absolute Gasteiger partial charge is 0.100 e. The summed E-state index contributed by atoms with van der Waals surface area (Å²) >= 11 is 7.58. The number of nitriles is 1. The van der Waals surface area contributed by atoms with Crippen molar-refractivity contribution in [1.82, 2.24) is 0 Å². The van der Waals surface area contributed by atoms with Crippen molar-refractivity contribution in [1.29, 1.82) is 5.26 Å². The fourth-order valence-corrected chi connectivity index (χ4v) is 2.46. The Morgan fingerprint density at radius 1 is 0.938 bits per heavy atom. The predicted octanol–water partition coefficient (Wildman–Crippen LogP) is 4.36. The van der Waals surface area contributed by atoms with Gasteiger partial charge in [-0.2, -0.15) is 5.26 Å². The minimum atomic E-state index is 0.674. The molecule has 0 saturated carbocycles. The van der Waals surface area contributed by atoms with Gasteiger partial charge in [0.25, 0.3) is 0 Å². The molecule has 2 rings (SSSR count). The maximum absolute atomic E-state index is 8.97. The summed E-state index contributed by atoms with van der Waals surface area (Å²) in [6.45, 7) is 0. The number of halogens is 1. The van der Waals surface area contributed by atoms with Crippen LogP contribution >= 0.6 is 23.4 Å². The molecule has 3 heteroatoms. The first-order valence-electron chi connectivity index (χ1n) is 4.73. The van der Waals surface area contributed by atoms with E-state index in [0.717, 1.165) is 9.79 Å². The van der Waals surface area contributed by atoms with Gasteiger partial charge in [-0.05, 0) is 24.3 Å². The summed E-state index contributed by atoms with van der Waals surface area (Å²) < 4.78 is 0. The van der Waals surface area contributed by atoms with Crippen LogP contribution in [0.2, 0.25) is 5.02 Å². The first-order chi connectivity index (χ1) is 7.81. The van der Waals surface area contributed by atoms with E-state index < -0.39 is 0 Å². The van der Waals surface area contributed by atoms with E-state index >= 15 is 0 Å². The van der Waals surface area contributed by atoms with E-state index in [1.807, 2.05) is 42.5 Å². The molecule has 0 radical (unpaired) electrons. The third kappa shape index (κ3) is 2.38. The molecule has 0 saturated heterocycles. The molecule has 2 aromatic carbocycles. The molecule has 0 aromatic heterocycles. The fraction of sp³-hybridized carbons (Fsp3) is 0. The summed E-state index contributed by atoms with van der Waals surface area (Å²) in [5.74, 6) is 0. The van der Waals surface area contributed by atoms with E-state index in [1.54, 1.807) is 6.07 Å². The quantitative estimate of drug-likeness (QED) is 0.785. The Labute approximate surface area is 104 Å². The van der Waals surface area contributed by atoms with Gasteiger partial charge >= 0.3 is 0 Å². The van der Waals surface area contributed by atoms with Crippen LogP contribution in [0.5, 0.6) is 0 Å². The zero-order valence-corrected chi connectivity index (χ0v) is 9.92. The van der Waals surface area contributed by atoms with Gasteiger partial charge in [-0.3, -0.25) is 0 Å². The lowest BCUT2D eigenvalue weighted by molar-refractivity contribution is 1.35. The average molecular weight is 246 g/mol. The molecule has 16 heavy (non-hydrogen) atoms. The monoisotopic (exact) mass is 245 g/mol. The third-order valence-electron chi connectivity index (χ3n) is 2.06. The maximum atomic E-state index is 8.97. The predicted molar refractivity (Wildman–Crippen MR) is 66.7 cm³/mol. The van der Waals surface area contributed by atoms with E-state index in [4.69, 9.17) is 16.9 Å². The van der Waals surface area contributed by atoms with Gasteiger partial charge in [0.1, 0.15) is 6.07 Å². The summed E-state index contributed by atoms with van der Waals surface area (Å²) in [5, 5.41) is 9.68. The summed E-state index contributed by atoms with van der Waals surface area (Å²) in [6.07, 6.45) is 0. The number of rotatable bonds is 2. The van der Waals surface area contributed by atoms with Crippen LogP contribution in [-0.2, 0) is 0 Å². The van der Waals surface area contributed by atoms with Crippen LogP contribution in [0, 0.1) is 11.3 Å². The molecule has 0 heterocycles. The molecule has 78 valence electrons. The molecule has 0 fully saturated rings. The Kier molecular flexibility index (Phi) is 3.51. The van der Waals surface area contributed by atoms with Gasteiger partial charge < -0.3 is 0 Å². The standard InChI is InChI=1S/C13H8ClNS/c14-11-6-2-4-8-13(11)16-12-7-3-1-5-10(12)9-15/h1-8H. The Bertz CT molecular complexity index is 546. The lowest BCUT2D eigenvalue weighted by Gasteiger charge is -2.04. The van der Waals surface area contributed by atoms with Gasteiger partial charge in [0, 0.05) is 9.79 Å². The second-order valence-corrected chi connectivity index (χ2v) is 4.63. The van der Waals surface area contributed by atoms with Crippen molar-refractivity contribution in [3.05, 3.63) is 59.1 Å². The Morgan fingerprint density at radius 2 is 1.56 bits per heavy atom. The number of benzene rings is 2. The van der Waals surface area contributed by atoms with Crippen molar-refractivity contribution < 1.29 is 0 Å². The Hall–Kier alpha value is -1.43. The van der Waals surface area contributed by atoms with Crippen molar-refractivity contribution in [2.75, 3.05) is 0 Å².